The molecule has 44 heavy (non-hydrogen) atoms. The van der Waals surface area contributed by atoms with Gasteiger partial charge in [0.05, 0.1) is 23.3 Å². The van der Waals surface area contributed by atoms with Crippen molar-refractivity contribution in [3.8, 4) is 17.1 Å². The van der Waals surface area contributed by atoms with Crippen molar-refractivity contribution in [3.63, 3.8) is 0 Å². The lowest BCUT2D eigenvalue weighted by atomic mass is 10.0. The molecule has 0 bridgehead atoms. The van der Waals surface area contributed by atoms with Crippen LogP contribution in [0.25, 0.3) is 23.2 Å². The van der Waals surface area contributed by atoms with E-state index in [1.54, 1.807) is 6.20 Å². The predicted octanol–water partition coefficient (Wildman–Crippen LogP) is 3.66. The fourth-order valence-corrected chi connectivity index (χ4v) is 6.61. The Bertz CT molecular complexity index is 1600. The lowest BCUT2D eigenvalue weighted by Gasteiger charge is -2.41. The average Bonchev–Trinajstić information content (AvgIpc) is 3.31. The summed E-state index contributed by atoms with van der Waals surface area (Å²) < 4.78 is 1.53. The molecule has 2 fully saturated rings. The normalized spacial score (nSPS) is 18.7. The molecule has 5 heterocycles. The van der Waals surface area contributed by atoms with E-state index in [0.29, 0.717) is 11.8 Å². The molecule has 7 rings (SSSR count). The Morgan fingerprint density at radius 2 is 1.77 bits per heavy atom. The van der Waals surface area contributed by atoms with Gasteiger partial charge in [0.15, 0.2) is 5.82 Å². The van der Waals surface area contributed by atoms with Crippen molar-refractivity contribution >= 4 is 23.7 Å². The van der Waals surface area contributed by atoms with Gasteiger partial charge in [-0.1, -0.05) is 30.3 Å². The van der Waals surface area contributed by atoms with Crippen LogP contribution < -0.4 is 11.1 Å². The number of anilines is 3. The summed E-state index contributed by atoms with van der Waals surface area (Å²) in [6.45, 7) is 8.08. The number of benzene rings is 1. The van der Waals surface area contributed by atoms with Crippen molar-refractivity contribution in [2.75, 3.05) is 63.9 Å². The van der Waals surface area contributed by atoms with Crippen LogP contribution in [0.5, 0.6) is 0 Å². The lowest BCUT2D eigenvalue weighted by Crippen LogP contribution is -2.52. The number of likely N-dealkylation sites (N-methyl/N-ethyl adjacent to an activating group) is 1. The van der Waals surface area contributed by atoms with Gasteiger partial charge in [-0.15, -0.1) is 15.3 Å². The van der Waals surface area contributed by atoms with E-state index in [0.717, 1.165) is 73.1 Å². The van der Waals surface area contributed by atoms with Gasteiger partial charge < -0.3 is 16.0 Å². The van der Waals surface area contributed by atoms with Gasteiger partial charge in [-0.2, -0.15) is 9.67 Å². The Labute approximate surface area is 258 Å². The fraction of sp³-hybridized carbons (Fsp3) is 0.424. The van der Waals surface area contributed by atoms with Gasteiger partial charge in [0.1, 0.15) is 0 Å². The number of aryl methyl sites for hydroxylation is 2. The van der Waals surface area contributed by atoms with E-state index in [2.05, 4.69) is 82.7 Å². The summed E-state index contributed by atoms with van der Waals surface area (Å²) in [6, 6.07) is 15.2. The third-order valence-corrected chi connectivity index (χ3v) is 9.18. The number of hydrogen-bond donors (Lipinski definition) is 2. The Balaban J connectivity index is 0.936. The Morgan fingerprint density at radius 1 is 0.955 bits per heavy atom. The fourth-order valence-electron chi connectivity index (χ4n) is 6.61. The summed E-state index contributed by atoms with van der Waals surface area (Å²) in [5, 5.41) is 16.8. The zero-order chi connectivity index (χ0) is 29.9. The molecule has 3 N–H and O–H groups in total. The summed E-state index contributed by atoms with van der Waals surface area (Å²) in [6.07, 6.45) is 11.6. The van der Waals surface area contributed by atoms with Crippen molar-refractivity contribution in [3.05, 3.63) is 71.6 Å². The van der Waals surface area contributed by atoms with Crippen molar-refractivity contribution in [1.29, 1.82) is 0 Å². The molecular weight excluding hydrogens is 550 g/mol. The first kappa shape index (κ1) is 28.6. The molecule has 0 amide bonds. The topological polar surface area (TPSA) is 117 Å². The van der Waals surface area contributed by atoms with Gasteiger partial charge in [0, 0.05) is 44.3 Å². The molecule has 228 valence electrons. The number of pyridine rings is 1. The first-order chi connectivity index (χ1) is 21.6. The number of nitrogens with two attached hydrogens (primary N) is 1. The predicted molar refractivity (Wildman–Crippen MR) is 174 cm³/mol. The Hall–Kier alpha value is -4.19. The van der Waals surface area contributed by atoms with Crippen LogP contribution in [0, 0.1) is 0 Å². The van der Waals surface area contributed by atoms with Gasteiger partial charge in [-0.25, -0.2) is 0 Å². The number of aromatic nitrogens is 6. The molecule has 0 atom stereocenters. The number of nitrogens with zero attached hydrogens (tertiary/aromatic N) is 9. The standard InChI is InChI=1S/C33H41N11/c1-41-18-20-43(21-19-41)28-13-16-42(17-14-28)15-5-9-26-11-12-27(23-35-26)36-33-37-32(34)44(40-33)30-22-25-8-4-7-24-6-2-3-10-29(24)31(25)39-38-30/h2-3,5-6,9-12,22-23,28H,4,7-8,13-21H2,1H3,(H3,34,36,37,40). The van der Waals surface area contributed by atoms with Crippen LogP contribution >= 0.6 is 0 Å². The zero-order valence-electron chi connectivity index (χ0n) is 25.4. The summed E-state index contributed by atoms with van der Waals surface area (Å²) in [5.41, 5.74) is 12.5. The molecule has 0 radical (unpaired) electrons. The molecule has 3 aliphatic rings. The second-order valence-corrected chi connectivity index (χ2v) is 12.2. The maximum absolute atomic E-state index is 6.25. The summed E-state index contributed by atoms with van der Waals surface area (Å²) in [7, 11) is 2.22. The number of hydrogen-bond acceptors (Lipinski definition) is 10. The number of nitrogens with one attached hydrogen (secondary N) is 1. The first-order valence-electron chi connectivity index (χ1n) is 15.8. The third kappa shape index (κ3) is 6.35. The van der Waals surface area contributed by atoms with Crippen molar-refractivity contribution < 1.29 is 0 Å². The largest absolute Gasteiger partial charge is 0.368 e. The molecule has 1 aliphatic carbocycles. The highest BCUT2D eigenvalue weighted by molar-refractivity contribution is 5.68. The van der Waals surface area contributed by atoms with E-state index in [1.807, 2.05) is 24.3 Å². The number of fused-ring (bicyclic) bond motifs is 3. The van der Waals surface area contributed by atoms with Crippen LogP contribution in [-0.2, 0) is 12.8 Å². The van der Waals surface area contributed by atoms with E-state index in [9.17, 15) is 0 Å². The highest BCUT2D eigenvalue weighted by Gasteiger charge is 2.26. The van der Waals surface area contributed by atoms with E-state index >= 15 is 0 Å². The van der Waals surface area contributed by atoms with E-state index in [-0.39, 0.29) is 5.95 Å². The molecule has 2 saturated heterocycles. The minimum absolute atomic E-state index is 0.246. The van der Waals surface area contributed by atoms with Gasteiger partial charge in [0.2, 0.25) is 11.9 Å². The maximum atomic E-state index is 6.25. The molecular formula is C33H41N11. The number of rotatable bonds is 7. The third-order valence-electron chi connectivity index (χ3n) is 9.18. The maximum Gasteiger partial charge on any atom is 0.248 e. The summed E-state index contributed by atoms with van der Waals surface area (Å²) in [5.74, 6) is 1.19. The number of nitrogen functional groups attached to an aromatic ring is 1. The summed E-state index contributed by atoms with van der Waals surface area (Å²) in [4.78, 5) is 16.7. The monoisotopic (exact) mass is 591 g/mol. The van der Waals surface area contributed by atoms with Crippen LogP contribution in [0.1, 0.15) is 36.1 Å². The first-order valence-corrected chi connectivity index (χ1v) is 15.8. The minimum atomic E-state index is 0.246. The Morgan fingerprint density at radius 3 is 2.59 bits per heavy atom. The molecule has 11 heteroatoms. The number of likely N-dealkylation sites (tertiary alicyclic amines) is 1. The highest BCUT2D eigenvalue weighted by atomic mass is 15.4. The molecule has 0 spiro atoms. The Kier molecular flexibility index (Phi) is 8.32. The number of piperazine rings is 1. The van der Waals surface area contributed by atoms with Crippen LogP contribution in [0.4, 0.5) is 17.6 Å². The number of piperidine rings is 1. The highest BCUT2D eigenvalue weighted by Crippen LogP contribution is 2.31. The van der Waals surface area contributed by atoms with Crippen molar-refractivity contribution in [2.45, 2.75) is 38.1 Å². The second kappa shape index (κ2) is 12.8. The SMILES string of the molecule is CN1CCN(C2CCN(CC=Cc3ccc(Nc4nc(N)n(-c5cc6c(nn5)-c5ccccc5CCC6)n4)cn3)CC2)CC1. The molecule has 3 aromatic heterocycles. The summed E-state index contributed by atoms with van der Waals surface area (Å²) >= 11 is 0. The molecule has 11 nitrogen and oxygen atoms in total. The van der Waals surface area contributed by atoms with E-state index in [1.165, 1.54) is 49.3 Å². The van der Waals surface area contributed by atoms with Crippen LogP contribution in [0.3, 0.4) is 0 Å². The van der Waals surface area contributed by atoms with Crippen LogP contribution in [0.15, 0.2) is 54.7 Å². The van der Waals surface area contributed by atoms with Crippen LogP contribution in [-0.4, -0.2) is 104 Å². The zero-order valence-corrected chi connectivity index (χ0v) is 25.4. The van der Waals surface area contributed by atoms with Crippen LogP contribution in [0.2, 0.25) is 0 Å². The van der Waals surface area contributed by atoms with Gasteiger partial charge in [0.25, 0.3) is 0 Å². The molecule has 1 aromatic carbocycles. The van der Waals surface area contributed by atoms with Gasteiger partial charge in [-0.05, 0) is 87.6 Å². The molecule has 4 aromatic rings. The van der Waals surface area contributed by atoms with E-state index < -0.39 is 0 Å². The second-order valence-electron chi connectivity index (χ2n) is 12.2. The average molecular weight is 592 g/mol. The molecule has 2 aliphatic heterocycles. The molecule has 0 unspecified atom stereocenters. The van der Waals surface area contributed by atoms with Gasteiger partial charge in [-0.3, -0.25) is 14.8 Å². The molecule has 0 saturated carbocycles. The minimum Gasteiger partial charge on any atom is -0.368 e. The van der Waals surface area contributed by atoms with Gasteiger partial charge >= 0.3 is 0 Å². The van der Waals surface area contributed by atoms with E-state index in [4.69, 9.17) is 5.73 Å². The van der Waals surface area contributed by atoms with Crippen molar-refractivity contribution in [2.24, 2.45) is 0 Å². The van der Waals surface area contributed by atoms with Crippen molar-refractivity contribution in [1.82, 2.24) is 44.6 Å². The quantitative estimate of drug-likeness (QED) is 0.330. The lowest BCUT2D eigenvalue weighted by molar-refractivity contribution is 0.0709. The smallest absolute Gasteiger partial charge is 0.248 e.